The van der Waals surface area contributed by atoms with Crippen LogP contribution < -0.4 is 14.5 Å². The highest BCUT2D eigenvalue weighted by atomic mass is 19.1. The summed E-state index contributed by atoms with van der Waals surface area (Å²) in [5.74, 6) is 1.37. The van der Waals surface area contributed by atoms with Gasteiger partial charge in [0, 0.05) is 51.0 Å². The molecule has 1 fully saturated rings. The summed E-state index contributed by atoms with van der Waals surface area (Å²) < 4.78 is 18.4. The molecule has 1 aromatic heterocycles. The fourth-order valence-corrected chi connectivity index (χ4v) is 4.07. The Hall–Kier alpha value is -3.45. The Balaban J connectivity index is 1.41. The highest BCUT2D eigenvalue weighted by Crippen LogP contribution is 2.28. The molecule has 7 heteroatoms. The van der Waals surface area contributed by atoms with Crippen LogP contribution in [0.4, 0.5) is 15.9 Å². The van der Waals surface area contributed by atoms with Crippen molar-refractivity contribution in [2.75, 3.05) is 56.2 Å². The Labute approximate surface area is 194 Å². The summed E-state index contributed by atoms with van der Waals surface area (Å²) in [6, 6.07) is 20.3. The topological polar surface area (TPSA) is 48.9 Å². The molecule has 0 N–H and O–H groups in total. The van der Waals surface area contributed by atoms with Crippen LogP contribution in [0.1, 0.15) is 15.9 Å². The van der Waals surface area contributed by atoms with Crippen LogP contribution in [0.2, 0.25) is 0 Å². The van der Waals surface area contributed by atoms with Crippen molar-refractivity contribution in [1.29, 1.82) is 0 Å². The molecule has 0 unspecified atom stereocenters. The van der Waals surface area contributed by atoms with Crippen LogP contribution in [0.25, 0.3) is 0 Å². The molecule has 4 rings (SSSR count). The van der Waals surface area contributed by atoms with Gasteiger partial charge in [-0.25, -0.2) is 9.37 Å². The molecule has 1 aliphatic rings. The van der Waals surface area contributed by atoms with Gasteiger partial charge in [-0.2, -0.15) is 0 Å². The first-order valence-corrected chi connectivity index (χ1v) is 11.2. The van der Waals surface area contributed by atoms with E-state index in [2.05, 4.69) is 20.9 Å². The van der Waals surface area contributed by atoms with E-state index < -0.39 is 6.67 Å². The first-order valence-electron chi connectivity index (χ1n) is 11.2. The number of alkyl halides is 1. The van der Waals surface area contributed by atoms with Gasteiger partial charge < -0.3 is 9.64 Å². The number of aromatic nitrogens is 1. The van der Waals surface area contributed by atoms with Crippen molar-refractivity contribution in [3.8, 4) is 5.75 Å². The molecule has 0 bridgehead atoms. The second-order valence-electron chi connectivity index (χ2n) is 7.98. The molecular formula is C26H29FN4O2. The number of anilines is 2. The monoisotopic (exact) mass is 448 g/mol. The number of benzene rings is 2. The molecule has 0 aliphatic carbocycles. The van der Waals surface area contributed by atoms with Crippen molar-refractivity contribution >= 4 is 17.4 Å². The van der Waals surface area contributed by atoms with Crippen LogP contribution >= 0.6 is 0 Å². The Morgan fingerprint density at radius 3 is 2.39 bits per heavy atom. The third-order valence-corrected chi connectivity index (χ3v) is 5.96. The van der Waals surface area contributed by atoms with Gasteiger partial charge in [0.05, 0.1) is 12.8 Å². The van der Waals surface area contributed by atoms with Crippen molar-refractivity contribution < 1.29 is 13.9 Å². The molecule has 172 valence electrons. The number of para-hydroxylation sites is 2. The first kappa shape index (κ1) is 22.7. The molecule has 3 aromatic rings. The van der Waals surface area contributed by atoms with Gasteiger partial charge in [-0.3, -0.25) is 14.6 Å². The van der Waals surface area contributed by atoms with Crippen LogP contribution in [0.15, 0.2) is 72.9 Å². The van der Waals surface area contributed by atoms with Crippen LogP contribution in [0.3, 0.4) is 0 Å². The summed E-state index contributed by atoms with van der Waals surface area (Å²) in [5.41, 5.74) is 2.20. The maximum atomic E-state index is 13.3. The number of nitrogens with zero attached hydrogens (tertiary/aromatic N) is 4. The molecule has 1 aliphatic heterocycles. The molecule has 0 spiro atoms. The number of carbonyl (C=O) groups excluding carboxylic acids is 1. The summed E-state index contributed by atoms with van der Waals surface area (Å²) in [6.07, 6.45) is 1.69. The van der Waals surface area contributed by atoms with E-state index in [-0.39, 0.29) is 5.91 Å². The highest BCUT2D eigenvalue weighted by Gasteiger charge is 2.23. The van der Waals surface area contributed by atoms with Crippen LogP contribution in [0.5, 0.6) is 5.75 Å². The molecule has 6 nitrogen and oxygen atoms in total. The van der Waals surface area contributed by atoms with Crippen molar-refractivity contribution in [3.05, 3.63) is 84.1 Å². The van der Waals surface area contributed by atoms with E-state index in [4.69, 9.17) is 4.74 Å². The quantitative estimate of drug-likeness (QED) is 0.521. The van der Waals surface area contributed by atoms with E-state index in [1.54, 1.807) is 42.5 Å². The van der Waals surface area contributed by atoms with E-state index in [1.165, 1.54) is 0 Å². The minimum Gasteiger partial charge on any atom is -0.495 e. The lowest BCUT2D eigenvalue weighted by molar-refractivity contribution is 0.0982. The lowest BCUT2D eigenvalue weighted by Gasteiger charge is -2.37. The van der Waals surface area contributed by atoms with Crippen molar-refractivity contribution in [1.82, 2.24) is 9.88 Å². The van der Waals surface area contributed by atoms with Gasteiger partial charge in [-0.05, 0) is 42.0 Å². The van der Waals surface area contributed by atoms with Gasteiger partial charge in [-0.15, -0.1) is 0 Å². The normalized spacial score (nSPS) is 14.2. The van der Waals surface area contributed by atoms with Crippen LogP contribution in [0, 0.1) is 0 Å². The summed E-state index contributed by atoms with van der Waals surface area (Å²) in [7, 11) is 1.70. The molecule has 1 amide bonds. The fraction of sp³-hybridized carbons (Fsp3) is 0.308. The fourth-order valence-electron chi connectivity index (χ4n) is 4.07. The number of rotatable bonds is 8. The minimum atomic E-state index is -0.542. The summed E-state index contributed by atoms with van der Waals surface area (Å²) in [4.78, 5) is 24.1. The van der Waals surface area contributed by atoms with Gasteiger partial charge in [0.2, 0.25) is 0 Å². The van der Waals surface area contributed by atoms with E-state index >= 15 is 0 Å². The zero-order chi connectivity index (χ0) is 23.0. The summed E-state index contributed by atoms with van der Waals surface area (Å²) >= 11 is 0. The lowest BCUT2D eigenvalue weighted by Crippen LogP contribution is -2.49. The lowest BCUT2D eigenvalue weighted by atomic mass is 10.1. The average Bonchev–Trinajstić information content (AvgIpc) is 2.89. The number of amides is 1. The molecule has 0 saturated carbocycles. The molecule has 1 saturated heterocycles. The van der Waals surface area contributed by atoms with Crippen molar-refractivity contribution in [3.63, 3.8) is 0 Å². The number of piperazine rings is 1. The highest BCUT2D eigenvalue weighted by molar-refractivity contribution is 6.05. The van der Waals surface area contributed by atoms with E-state index in [1.807, 2.05) is 36.4 Å². The van der Waals surface area contributed by atoms with Gasteiger partial charge in [0.25, 0.3) is 5.91 Å². The Kier molecular flexibility index (Phi) is 7.52. The third kappa shape index (κ3) is 5.49. The number of hydrogen-bond donors (Lipinski definition) is 0. The summed E-state index contributed by atoms with van der Waals surface area (Å²) in [5, 5.41) is 0. The molecule has 0 radical (unpaired) electrons. The van der Waals surface area contributed by atoms with Gasteiger partial charge >= 0.3 is 0 Å². The molecule has 33 heavy (non-hydrogen) atoms. The second kappa shape index (κ2) is 10.9. The predicted molar refractivity (Wildman–Crippen MR) is 129 cm³/mol. The third-order valence-electron chi connectivity index (χ3n) is 5.96. The predicted octanol–water partition coefficient (Wildman–Crippen LogP) is 4.03. The number of halogens is 1. The SMILES string of the molecule is COc1ccccc1N1CCN(CCN(C(=O)c2ccc(CF)cc2)c2ccccn2)CC1. The van der Waals surface area contributed by atoms with E-state index in [0.29, 0.717) is 23.5 Å². The van der Waals surface area contributed by atoms with Gasteiger partial charge in [0.1, 0.15) is 18.2 Å². The minimum absolute atomic E-state index is 0.133. The molecule has 0 atom stereocenters. The zero-order valence-electron chi connectivity index (χ0n) is 18.9. The Bertz CT molecular complexity index is 1040. The number of ether oxygens (including phenoxy) is 1. The smallest absolute Gasteiger partial charge is 0.259 e. The number of pyridine rings is 1. The van der Waals surface area contributed by atoms with Gasteiger partial charge in [-0.1, -0.05) is 30.3 Å². The van der Waals surface area contributed by atoms with E-state index in [9.17, 15) is 9.18 Å². The second-order valence-corrected chi connectivity index (χ2v) is 7.98. The zero-order valence-corrected chi connectivity index (χ0v) is 18.9. The molecule has 2 heterocycles. The number of methoxy groups -OCH3 is 1. The van der Waals surface area contributed by atoms with E-state index in [0.717, 1.165) is 44.2 Å². The van der Waals surface area contributed by atoms with Crippen LogP contribution in [-0.2, 0) is 6.67 Å². The van der Waals surface area contributed by atoms with Crippen molar-refractivity contribution in [2.24, 2.45) is 0 Å². The average molecular weight is 449 g/mol. The summed E-state index contributed by atoms with van der Waals surface area (Å²) in [6.45, 7) is 4.30. The number of hydrogen-bond acceptors (Lipinski definition) is 5. The largest absolute Gasteiger partial charge is 0.495 e. The maximum absolute atomic E-state index is 13.3. The Morgan fingerprint density at radius 1 is 1.00 bits per heavy atom. The number of carbonyl (C=O) groups is 1. The Morgan fingerprint density at radius 2 is 1.73 bits per heavy atom. The molecular weight excluding hydrogens is 419 g/mol. The van der Waals surface area contributed by atoms with Gasteiger partial charge in [0.15, 0.2) is 0 Å². The standard InChI is InChI=1S/C26H29FN4O2/c1-33-24-7-3-2-6-23(24)30-17-14-29(15-18-30)16-19-31(25-8-4-5-13-28-25)26(32)22-11-9-21(20-27)10-12-22/h2-13H,14-20H2,1H3. The van der Waals surface area contributed by atoms with Crippen LogP contribution in [-0.4, -0.2) is 62.2 Å². The maximum Gasteiger partial charge on any atom is 0.259 e. The molecule has 2 aromatic carbocycles. The first-order chi connectivity index (χ1) is 16.2. The van der Waals surface area contributed by atoms with Crippen molar-refractivity contribution in [2.45, 2.75) is 6.67 Å².